The van der Waals surface area contributed by atoms with Gasteiger partial charge in [0.15, 0.2) is 0 Å². The fourth-order valence-corrected chi connectivity index (χ4v) is 8.87. The molecule has 0 aliphatic carbocycles. The molecule has 1 aliphatic rings. The van der Waals surface area contributed by atoms with Crippen LogP contribution >= 0.6 is 0 Å². The van der Waals surface area contributed by atoms with E-state index in [1.54, 1.807) is 0 Å². The predicted molar refractivity (Wildman–Crippen MR) is 136 cm³/mol. The fourth-order valence-electron chi connectivity index (χ4n) is 4.69. The van der Waals surface area contributed by atoms with Gasteiger partial charge in [0.25, 0.3) is 8.32 Å². The van der Waals surface area contributed by atoms with Crippen molar-refractivity contribution in [1.29, 1.82) is 0 Å². The molecule has 4 aromatic carbocycles. The monoisotopic (exact) mass is 436 g/mol. The van der Waals surface area contributed by atoms with E-state index >= 15 is 0 Å². The Kier molecular flexibility index (Phi) is 5.80. The lowest BCUT2D eigenvalue weighted by Gasteiger charge is -2.49. The molecule has 3 nitrogen and oxygen atoms in total. The van der Waals surface area contributed by atoms with Crippen LogP contribution in [0.25, 0.3) is 0 Å². The standard InChI is InChI=1S/C28H28N2OSi/c1-5-14-24(15-6-1)29-28(30-25-16-7-2-8-17-25)22-13-23-32(31-28,26-18-9-3-10-19-26)27-20-11-4-12-21-27/h1-12,14-21,29-30H,13,22-23H2. The molecule has 1 fully saturated rings. The summed E-state index contributed by atoms with van der Waals surface area (Å²) in [6.07, 6.45) is 1.93. The summed E-state index contributed by atoms with van der Waals surface area (Å²) in [4.78, 5) is 0. The van der Waals surface area contributed by atoms with E-state index in [0.717, 1.165) is 30.3 Å². The zero-order valence-corrected chi connectivity index (χ0v) is 19.1. The van der Waals surface area contributed by atoms with Crippen LogP contribution in [0.15, 0.2) is 121 Å². The quantitative estimate of drug-likeness (QED) is 0.312. The van der Waals surface area contributed by atoms with E-state index in [-0.39, 0.29) is 0 Å². The zero-order chi connectivity index (χ0) is 21.7. The normalized spacial score (nSPS) is 16.8. The number of rotatable bonds is 6. The van der Waals surface area contributed by atoms with E-state index in [1.165, 1.54) is 10.4 Å². The Bertz CT molecular complexity index is 1040. The molecule has 0 spiro atoms. The van der Waals surface area contributed by atoms with Crippen LogP contribution in [0, 0.1) is 0 Å². The number of benzene rings is 4. The average Bonchev–Trinajstić information content (AvgIpc) is 2.86. The van der Waals surface area contributed by atoms with Crippen molar-refractivity contribution in [3.8, 4) is 0 Å². The number of hydrogen-bond acceptors (Lipinski definition) is 3. The summed E-state index contributed by atoms with van der Waals surface area (Å²) in [6.45, 7) is 0. The molecule has 0 bridgehead atoms. The summed E-state index contributed by atoms with van der Waals surface area (Å²) in [7, 11) is -2.50. The van der Waals surface area contributed by atoms with Crippen LogP contribution in [-0.4, -0.2) is 14.2 Å². The Hall–Kier alpha value is -3.34. The van der Waals surface area contributed by atoms with Crippen molar-refractivity contribution in [3.63, 3.8) is 0 Å². The third-order valence-electron chi connectivity index (χ3n) is 6.13. The van der Waals surface area contributed by atoms with E-state index < -0.39 is 14.2 Å². The number of para-hydroxylation sites is 2. The van der Waals surface area contributed by atoms with Crippen LogP contribution < -0.4 is 21.0 Å². The predicted octanol–water partition coefficient (Wildman–Crippen LogP) is 5.43. The van der Waals surface area contributed by atoms with Crippen molar-refractivity contribution in [2.75, 3.05) is 10.6 Å². The third kappa shape index (κ3) is 4.20. The van der Waals surface area contributed by atoms with E-state index in [1.807, 2.05) is 12.1 Å². The molecule has 0 aromatic heterocycles. The number of nitrogens with one attached hydrogen (secondary N) is 2. The minimum absolute atomic E-state index is 0.709. The second kappa shape index (κ2) is 9.03. The topological polar surface area (TPSA) is 33.3 Å². The van der Waals surface area contributed by atoms with Gasteiger partial charge in [-0.05, 0) is 47.1 Å². The molecule has 0 unspecified atom stereocenters. The second-order valence-electron chi connectivity index (χ2n) is 8.32. The molecule has 0 amide bonds. The summed E-state index contributed by atoms with van der Waals surface area (Å²) in [5.74, 6) is -0.709. The summed E-state index contributed by atoms with van der Waals surface area (Å²) in [5, 5.41) is 10.1. The van der Waals surface area contributed by atoms with E-state index in [0.29, 0.717) is 0 Å². The first kappa shape index (κ1) is 20.6. The summed E-state index contributed by atoms with van der Waals surface area (Å²) >= 11 is 0. The highest BCUT2D eigenvalue weighted by Gasteiger charge is 2.50. The van der Waals surface area contributed by atoms with Crippen LogP contribution in [0.5, 0.6) is 0 Å². The zero-order valence-electron chi connectivity index (χ0n) is 18.1. The van der Waals surface area contributed by atoms with Gasteiger partial charge in [-0.1, -0.05) is 97.1 Å². The van der Waals surface area contributed by atoms with Crippen LogP contribution in [0.4, 0.5) is 11.4 Å². The van der Waals surface area contributed by atoms with Gasteiger partial charge in [-0.3, -0.25) is 0 Å². The van der Waals surface area contributed by atoms with Crippen molar-refractivity contribution in [3.05, 3.63) is 121 Å². The molecule has 4 aromatic rings. The van der Waals surface area contributed by atoms with Crippen molar-refractivity contribution in [2.45, 2.75) is 24.7 Å². The fraction of sp³-hybridized carbons (Fsp3) is 0.143. The van der Waals surface area contributed by atoms with Crippen molar-refractivity contribution < 1.29 is 4.43 Å². The molecule has 4 heteroatoms. The molecule has 2 N–H and O–H groups in total. The highest BCUT2D eigenvalue weighted by Crippen LogP contribution is 2.35. The largest absolute Gasteiger partial charge is 0.370 e. The van der Waals surface area contributed by atoms with Gasteiger partial charge in [-0.2, -0.15) is 0 Å². The molecular formula is C28H28N2OSi. The molecule has 1 saturated heterocycles. The van der Waals surface area contributed by atoms with Gasteiger partial charge in [0, 0.05) is 17.8 Å². The molecule has 0 saturated carbocycles. The Morgan fingerprint density at radius 2 is 0.969 bits per heavy atom. The van der Waals surface area contributed by atoms with Gasteiger partial charge in [0.05, 0.1) is 0 Å². The molecular weight excluding hydrogens is 408 g/mol. The smallest absolute Gasteiger partial charge is 0.261 e. The van der Waals surface area contributed by atoms with Gasteiger partial charge in [0.2, 0.25) is 5.85 Å². The molecule has 1 aliphatic heterocycles. The minimum atomic E-state index is -2.50. The van der Waals surface area contributed by atoms with Gasteiger partial charge in [-0.15, -0.1) is 0 Å². The summed E-state index contributed by atoms with van der Waals surface area (Å²) in [5.41, 5.74) is 2.09. The third-order valence-corrected chi connectivity index (χ3v) is 10.4. The SMILES string of the molecule is c1ccc(NC2(Nc3ccccc3)CCC[Si](c3ccccc3)(c3ccccc3)O2)cc1. The van der Waals surface area contributed by atoms with Crippen LogP contribution in [-0.2, 0) is 4.43 Å². The summed E-state index contributed by atoms with van der Waals surface area (Å²) < 4.78 is 7.36. The van der Waals surface area contributed by atoms with Gasteiger partial charge < -0.3 is 15.1 Å². The minimum Gasteiger partial charge on any atom is -0.370 e. The highest BCUT2D eigenvalue weighted by molar-refractivity contribution is 6.97. The lowest BCUT2D eigenvalue weighted by atomic mass is 10.2. The van der Waals surface area contributed by atoms with Gasteiger partial charge in [-0.25, -0.2) is 0 Å². The van der Waals surface area contributed by atoms with Crippen molar-refractivity contribution in [1.82, 2.24) is 0 Å². The molecule has 0 radical (unpaired) electrons. The Morgan fingerprint density at radius 1 is 0.562 bits per heavy atom. The summed E-state index contributed by atoms with van der Waals surface area (Å²) in [6, 6.07) is 43.4. The lowest BCUT2D eigenvalue weighted by Crippen LogP contribution is -2.70. The Morgan fingerprint density at radius 3 is 1.41 bits per heavy atom. The van der Waals surface area contributed by atoms with Crippen molar-refractivity contribution in [2.24, 2.45) is 0 Å². The Balaban J connectivity index is 1.61. The molecule has 0 atom stereocenters. The molecule has 1 heterocycles. The average molecular weight is 437 g/mol. The maximum Gasteiger partial charge on any atom is 0.261 e. The lowest BCUT2D eigenvalue weighted by molar-refractivity contribution is 0.0960. The number of anilines is 2. The van der Waals surface area contributed by atoms with Gasteiger partial charge >= 0.3 is 0 Å². The first-order valence-electron chi connectivity index (χ1n) is 11.3. The van der Waals surface area contributed by atoms with E-state index in [9.17, 15) is 0 Å². The highest BCUT2D eigenvalue weighted by atomic mass is 28.4. The first-order valence-corrected chi connectivity index (χ1v) is 13.4. The maximum absolute atomic E-state index is 7.36. The second-order valence-corrected chi connectivity index (χ2v) is 11.8. The molecule has 5 rings (SSSR count). The van der Waals surface area contributed by atoms with Crippen LogP contribution in [0.3, 0.4) is 0 Å². The van der Waals surface area contributed by atoms with Crippen molar-refractivity contribution >= 4 is 30.1 Å². The van der Waals surface area contributed by atoms with E-state index in [4.69, 9.17) is 4.43 Å². The Labute approximate surface area is 191 Å². The molecule has 160 valence electrons. The maximum atomic E-state index is 7.36. The first-order chi connectivity index (χ1) is 15.8. The molecule has 32 heavy (non-hydrogen) atoms. The van der Waals surface area contributed by atoms with Crippen LogP contribution in [0.2, 0.25) is 6.04 Å². The number of hydrogen-bond donors (Lipinski definition) is 2. The van der Waals surface area contributed by atoms with E-state index in [2.05, 4.69) is 120 Å². The van der Waals surface area contributed by atoms with Gasteiger partial charge in [0.1, 0.15) is 0 Å². The van der Waals surface area contributed by atoms with Crippen LogP contribution in [0.1, 0.15) is 12.8 Å².